The Hall–Kier alpha value is -9.40. The van der Waals surface area contributed by atoms with Gasteiger partial charge in [-0.2, -0.15) is 0 Å². The van der Waals surface area contributed by atoms with Crippen LogP contribution < -0.4 is 0 Å². The van der Waals surface area contributed by atoms with E-state index in [9.17, 15) is 0 Å². The molecule has 4 heterocycles. The molecule has 0 saturated carbocycles. The Balaban J connectivity index is 1.01. The van der Waals surface area contributed by atoms with Crippen LogP contribution in [0, 0.1) is 0 Å². The summed E-state index contributed by atoms with van der Waals surface area (Å²) in [6, 6.07) is 79.4. The van der Waals surface area contributed by atoms with Gasteiger partial charge in [-0.3, -0.25) is 0 Å². The summed E-state index contributed by atoms with van der Waals surface area (Å²) in [7, 11) is 0. The smallest absolute Gasteiger partial charge is 0.164 e. The van der Waals surface area contributed by atoms with Crippen molar-refractivity contribution in [1.29, 1.82) is 0 Å². The molecule has 0 fully saturated rings. The van der Waals surface area contributed by atoms with Gasteiger partial charge in [-0.15, -0.1) is 0 Å². The lowest BCUT2D eigenvalue weighted by atomic mass is 10.1. The molecule has 0 unspecified atom stereocenters. The minimum atomic E-state index is 0.604. The van der Waals surface area contributed by atoms with Gasteiger partial charge in [0.1, 0.15) is 0 Å². The van der Waals surface area contributed by atoms with Crippen LogP contribution in [-0.4, -0.2) is 39.0 Å². The van der Waals surface area contributed by atoms with Crippen LogP contribution in [-0.2, 0) is 0 Å². The van der Waals surface area contributed by atoms with Crippen LogP contribution in [0.3, 0.4) is 0 Å². The maximum atomic E-state index is 5.10. The minimum absolute atomic E-state index is 0.604. The number of para-hydroxylation sites is 2. The van der Waals surface area contributed by atoms with Gasteiger partial charge in [0.15, 0.2) is 34.9 Å². The van der Waals surface area contributed by atoms with Crippen molar-refractivity contribution in [2.45, 2.75) is 0 Å². The standard InChI is InChI=1S/C60H38N8/c1-5-19-39(20-6-1)55-61-56(40-21-7-2-8-22-40)64-59(63-55)43-27-17-29-45(37-43)67-51-34-16-14-32-49(51)53-52(67)36-35-48-47-31-13-15-33-50(47)68(54(48)53)46-30-18-28-44(38-46)60-65-57(41-23-9-3-10-24-41)62-58(66-60)42-25-11-4-12-26-42/h1-38H. The van der Waals surface area contributed by atoms with Gasteiger partial charge in [0, 0.05) is 66.3 Å². The quantitative estimate of drug-likeness (QED) is 0.151. The Kier molecular flexibility index (Phi) is 9.31. The highest BCUT2D eigenvalue weighted by Gasteiger charge is 2.22. The van der Waals surface area contributed by atoms with Crippen molar-refractivity contribution in [3.8, 4) is 79.7 Å². The first-order valence-corrected chi connectivity index (χ1v) is 22.6. The molecular weight excluding hydrogens is 833 g/mol. The van der Waals surface area contributed by atoms with Crippen molar-refractivity contribution in [1.82, 2.24) is 39.0 Å². The summed E-state index contributed by atoms with van der Waals surface area (Å²) in [6.07, 6.45) is 0. The van der Waals surface area contributed by atoms with Crippen LogP contribution in [0.5, 0.6) is 0 Å². The molecule has 0 N–H and O–H groups in total. The van der Waals surface area contributed by atoms with Crippen molar-refractivity contribution < 1.29 is 0 Å². The number of hydrogen-bond donors (Lipinski definition) is 0. The first-order valence-electron chi connectivity index (χ1n) is 22.6. The molecule has 9 aromatic carbocycles. The zero-order valence-corrected chi connectivity index (χ0v) is 36.5. The van der Waals surface area contributed by atoms with Crippen LogP contribution in [0.15, 0.2) is 231 Å². The maximum Gasteiger partial charge on any atom is 0.164 e. The second-order valence-corrected chi connectivity index (χ2v) is 16.7. The lowest BCUT2D eigenvalue weighted by Gasteiger charge is -2.13. The first-order chi connectivity index (χ1) is 33.7. The van der Waals surface area contributed by atoms with E-state index in [1.165, 1.54) is 10.8 Å². The van der Waals surface area contributed by atoms with E-state index in [4.69, 9.17) is 29.9 Å². The van der Waals surface area contributed by atoms with Crippen molar-refractivity contribution in [2.24, 2.45) is 0 Å². The number of benzene rings is 9. The lowest BCUT2D eigenvalue weighted by molar-refractivity contribution is 1.07. The summed E-state index contributed by atoms with van der Waals surface area (Å²) in [5, 5.41) is 4.64. The van der Waals surface area contributed by atoms with Crippen molar-refractivity contribution in [3.05, 3.63) is 231 Å². The highest BCUT2D eigenvalue weighted by Crippen LogP contribution is 2.43. The molecule has 0 radical (unpaired) electrons. The number of rotatable bonds is 8. The average molecular weight is 871 g/mol. The summed E-state index contributed by atoms with van der Waals surface area (Å²) >= 11 is 0. The highest BCUT2D eigenvalue weighted by atomic mass is 15.1. The molecule has 0 saturated heterocycles. The van der Waals surface area contributed by atoms with Gasteiger partial charge in [-0.25, -0.2) is 29.9 Å². The number of hydrogen-bond acceptors (Lipinski definition) is 6. The lowest BCUT2D eigenvalue weighted by Crippen LogP contribution is -2.01. The van der Waals surface area contributed by atoms with E-state index in [0.717, 1.165) is 77.6 Å². The van der Waals surface area contributed by atoms with E-state index in [2.05, 4.69) is 118 Å². The monoisotopic (exact) mass is 870 g/mol. The summed E-state index contributed by atoms with van der Waals surface area (Å²) in [6.45, 7) is 0. The predicted octanol–water partition coefficient (Wildman–Crippen LogP) is 14.3. The summed E-state index contributed by atoms with van der Waals surface area (Å²) < 4.78 is 4.77. The molecule has 0 aliphatic rings. The third-order valence-corrected chi connectivity index (χ3v) is 12.6. The Bertz CT molecular complexity index is 3900. The molecule has 13 rings (SSSR count). The molecule has 8 heteroatoms. The van der Waals surface area contributed by atoms with Gasteiger partial charge >= 0.3 is 0 Å². The fraction of sp³-hybridized carbons (Fsp3) is 0. The van der Waals surface area contributed by atoms with Crippen molar-refractivity contribution >= 4 is 43.6 Å². The fourth-order valence-corrected chi connectivity index (χ4v) is 9.50. The van der Waals surface area contributed by atoms with E-state index in [1.807, 2.05) is 121 Å². The van der Waals surface area contributed by atoms with Gasteiger partial charge in [-0.1, -0.05) is 188 Å². The third kappa shape index (κ3) is 6.70. The second-order valence-electron chi connectivity index (χ2n) is 16.7. The third-order valence-electron chi connectivity index (χ3n) is 12.6. The molecule has 0 bridgehead atoms. The molecule has 0 aliphatic heterocycles. The normalized spacial score (nSPS) is 11.5. The van der Waals surface area contributed by atoms with Gasteiger partial charge in [0.2, 0.25) is 0 Å². The molecule has 8 nitrogen and oxygen atoms in total. The first kappa shape index (κ1) is 39.0. The van der Waals surface area contributed by atoms with Gasteiger partial charge < -0.3 is 9.13 Å². The Morgan fingerprint density at radius 2 is 0.588 bits per heavy atom. The van der Waals surface area contributed by atoms with Crippen LogP contribution in [0.4, 0.5) is 0 Å². The number of fused-ring (bicyclic) bond motifs is 7. The summed E-state index contributed by atoms with van der Waals surface area (Å²) in [5.74, 6) is 3.71. The van der Waals surface area contributed by atoms with E-state index >= 15 is 0 Å². The number of nitrogens with zero attached hydrogens (tertiary/aromatic N) is 8. The predicted molar refractivity (Wildman–Crippen MR) is 275 cm³/mol. The average Bonchev–Trinajstić information content (AvgIpc) is 3.95. The van der Waals surface area contributed by atoms with Gasteiger partial charge in [0.25, 0.3) is 0 Å². The van der Waals surface area contributed by atoms with Crippen LogP contribution in [0.25, 0.3) is 123 Å². The second kappa shape index (κ2) is 16.2. The van der Waals surface area contributed by atoms with Gasteiger partial charge in [-0.05, 0) is 42.5 Å². The summed E-state index contributed by atoms with van der Waals surface area (Å²) in [5.41, 5.74) is 11.9. The molecular formula is C60H38N8. The molecule has 4 aromatic heterocycles. The van der Waals surface area contributed by atoms with E-state index < -0.39 is 0 Å². The topological polar surface area (TPSA) is 87.2 Å². The summed E-state index contributed by atoms with van der Waals surface area (Å²) in [4.78, 5) is 30.3. The van der Waals surface area contributed by atoms with Crippen LogP contribution >= 0.6 is 0 Å². The van der Waals surface area contributed by atoms with Gasteiger partial charge in [0.05, 0.1) is 22.1 Å². The fourth-order valence-electron chi connectivity index (χ4n) is 9.50. The van der Waals surface area contributed by atoms with Crippen molar-refractivity contribution in [2.75, 3.05) is 0 Å². The maximum absolute atomic E-state index is 5.10. The Morgan fingerprint density at radius 1 is 0.235 bits per heavy atom. The largest absolute Gasteiger partial charge is 0.309 e. The van der Waals surface area contributed by atoms with Crippen LogP contribution in [0.1, 0.15) is 0 Å². The molecule has 318 valence electrons. The molecule has 0 aliphatic carbocycles. The van der Waals surface area contributed by atoms with E-state index in [0.29, 0.717) is 34.9 Å². The minimum Gasteiger partial charge on any atom is -0.309 e. The van der Waals surface area contributed by atoms with Crippen LogP contribution in [0.2, 0.25) is 0 Å². The Labute approximate surface area is 391 Å². The van der Waals surface area contributed by atoms with E-state index in [1.54, 1.807) is 0 Å². The molecule has 0 spiro atoms. The molecule has 13 aromatic rings. The zero-order chi connectivity index (χ0) is 45.0. The Morgan fingerprint density at radius 3 is 1.04 bits per heavy atom. The molecule has 0 amide bonds. The van der Waals surface area contributed by atoms with Crippen molar-refractivity contribution in [3.63, 3.8) is 0 Å². The highest BCUT2D eigenvalue weighted by molar-refractivity contribution is 6.26. The van der Waals surface area contributed by atoms with E-state index in [-0.39, 0.29) is 0 Å². The molecule has 0 atom stereocenters. The SMILES string of the molecule is c1ccc(-c2nc(-c3ccccc3)nc(-c3cccc(-n4c5ccccc5c5c4ccc4c6ccccc6n(-c6cccc(-c7nc(-c8ccccc8)nc(-c8ccccc8)n7)c6)c45)c3)n2)cc1. The zero-order valence-electron chi connectivity index (χ0n) is 36.5. The molecule has 68 heavy (non-hydrogen) atoms. The number of aromatic nitrogens is 8.